The Morgan fingerprint density at radius 1 is 1.24 bits per heavy atom. The molecule has 0 aliphatic carbocycles. The fraction of sp³-hybridized carbons (Fsp3) is 0.684. The van der Waals surface area contributed by atoms with Crippen molar-refractivity contribution < 1.29 is 0 Å². The van der Waals surface area contributed by atoms with Gasteiger partial charge in [0.15, 0.2) is 0 Å². The predicted molar refractivity (Wildman–Crippen MR) is 91.8 cm³/mol. The zero-order valence-electron chi connectivity index (χ0n) is 14.3. The smallest absolute Gasteiger partial charge is 0.0451 e. The third-order valence-electron chi connectivity index (χ3n) is 4.76. The van der Waals surface area contributed by atoms with Gasteiger partial charge in [-0.2, -0.15) is 0 Å². The molecule has 0 radical (unpaired) electrons. The van der Waals surface area contributed by atoms with Crippen LogP contribution in [0.5, 0.6) is 0 Å². The molecule has 1 heterocycles. The molecular formula is C19H32N2. The maximum atomic E-state index is 3.76. The van der Waals surface area contributed by atoms with E-state index in [9.17, 15) is 0 Å². The molecule has 1 aromatic rings. The molecule has 2 heteroatoms. The molecule has 0 spiro atoms. The lowest BCUT2D eigenvalue weighted by Gasteiger charge is -2.34. The monoisotopic (exact) mass is 288 g/mol. The second-order valence-corrected chi connectivity index (χ2v) is 6.85. The maximum Gasteiger partial charge on any atom is 0.0451 e. The third-order valence-corrected chi connectivity index (χ3v) is 4.76. The number of piperidine rings is 1. The van der Waals surface area contributed by atoms with Crippen molar-refractivity contribution in [2.24, 2.45) is 5.92 Å². The van der Waals surface area contributed by atoms with Crippen molar-refractivity contribution in [3.8, 4) is 0 Å². The highest BCUT2D eigenvalue weighted by molar-refractivity contribution is 5.33. The van der Waals surface area contributed by atoms with E-state index in [1.54, 1.807) is 0 Å². The molecule has 1 fully saturated rings. The summed E-state index contributed by atoms with van der Waals surface area (Å²) in [4.78, 5) is 2.65. The molecule has 21 heavy (non-hydrogen) atoms. The van der Waals surface area contributed by atoms with Crippen molar-refractivity contribution in [3.05, 3.63) is 34.9 Å². The first kappa shape index (κ1) is 16.5. The Hall–Kier alpha value is -0.860. The van der Waals surface area contributed by atoms with Gasteiger partial charge in [-0.25, -0.2) is 0 Å². The summed E-state index contributed by atoms with van der Waals surface area (Å²) in [6.45, 7) is 13.8. The summed E-state index contributed by atoms with van der Waals surface area (Å²) in [5.41, 5.74) is 4.26. The molecule has 2 rings (SSSR count). The van der Waals surface area contributed by atoms with Crippen LogP contribution >= 0.6 is 0 Å². The van der Waals surface area contributed by atoms with E-state index in [0.717, 1.165) is 19.0 Å². The molecule has 0 aromatic heterocycles. The molecular weight excluding hydrogens is 256 g/mol. The van der Waals surface area contributed by atoms with Gasteiger partial charge in [-0.15, -0.1) is 0 Å². The summed E-state index contributed by atoms with van der Waals surface area (Å²) >= 11 is 0. The van der Waals surface area contributed by atoms with E-state index in [1.165, 1.54) is 49.0 Å². The minimum absolute atomic E-state index is 0.471. The van der Waals surface area contributed by atoms with E-state index in [4.69, 9.17) is 0 Å². The second kappa shape index (κ2) is 7.95. The topological polar surface area (TPSA) is 15.3 Å². The summed E-state index contributed by atoms with van der Waals surface area (Å²) in [6, 6.07) is 7.36. The van der Waals surface area contributed by atoms with E-state index in [0.29, 0.717) is 6.04 Å². The summed E-state index contributed by atoms with van der Waals surface area (Å²) in [7, 11) is 0. The Morgan fingerprint density at radius 3 is 2.57 bits per heavy atom. The van der Waals surface area contributed by atoms with Crippen molar-refractivity contribution >= 4 is 0 Å². The van der Waals surface area contributed by atoms with Crippen LogP contribution in [-0.2, 0) is 0 Å². The fourth-order valence-corrected chi connectivity index (χ4v) is 3.31. The van der Waals surface area contributed by atoms with Gasteiger partial charge in [0.1, 0.15) is 0 Å². The number of hydrogen-bond donors (Lipinski definition) is 1. The van der Waals surface area contributed by atoms with Crippen molar-refractivity contribution in [1.82, 2.24) is 10.2 Å². The molecule has 1 aliphatic rings. The van der Waals surface area contributed by atoms with Gasteiger partial charge in [0, 0.05) is 12.6 Å². The predicted octanol–water partition coefficient (Wildman–Crippen LogP) is 4.08. The highest BCUT2D eigenvalue weighted by Gasteiger charge is 2.21. The van der Waals surface area contributed by atoms with Gasteiger partial charge in [-0.3, -0.25) is 0 Å². The molecule has 1 aliphatic heterocycles. The SMILES string of the molecule is CCCNC(CN1CCC(C)CC1)c1ccc(C)cc1C. The summed E-state index contributed by atoms with van der Waals surface area (Å²) < 4.78 is 0. The number of nitrogens with one attached hydrogen (secondary N) is 1. The molecule has 1 atom stereocenters. The molecule has 0 bridgehead atoms. The highest BCUT2D eigenvalue weighted by atomic mass is 15.2. The van der Waals surface area contributed by atoms with E-state index in [1.807, 2.05) is 0 Å². The quantitative estimate of drug-likeness (QED) is 0.848. The van der Waals surface area contributed by atoms with Crippen LogP contribution in [0, 0.1) is 19.8 Å². The lowest BCUT2D eigenvalue weighted by molar-refractivity contribution is 0.175. The van der Waals surface area contributed by atoms with Crippen LogP contribution in [0.3, 0.4) is 0 Å². The van der Waals surface area contributed by atoms with Crippen LogP contribution in [0.4, 0.5) is 0 Å². The van der Waals surface area contributed by atoms with Crippen LogP contribution < -0.4 is 5.32 Å². The molecule has 1 saturated heterocycles. The number of rotatable bonds is 6. The number of hydrogen-bond acceptors (Lipinski definition) is 2. The molecule has 0 saturated carbocycles. The van der Waals surface area contributed by atoms with E-state index < -0.39 is 0 Å². The molecule has 2 nitrogen and oxygen atoms in total. The maximum absolute atomic E-state index is 3.76. The first-order chi connectivity index (χ1) is 10.1. The highest BCUT2D eigenvalue weighted by Crippen LogP contribution is 2.23. The van der Waals surface area contributed by atoms with E-state index in [-0.39, 0.29) is 0 Å². The number of benzene rings is 1. The molecule has 118 valence electrons. The number of likely N-dealkylation sites (tertiary alicyclic amines) is 1. The zero-order valence-corrected chi connectivity index (χ0v) is 14.3. The van der Waals surface area contributed by atoms with Crippen LogP contribution in [0.2, 0.25) is 0 Å². The molecule has 1 N–H and O–H groups in total. The van der Waals surface area contributed by atoms with Crippen LogP contribution in [0.1, 0.15) is 55.8 Å². The van der Waals surface area contributed by atoms with Gasteiger partial charge in [-0.1, -0.05) is 37.6 Å². The standard InChI is InChI=1S/C19H32N2/c1-5-10-20-19(14-21-11-8-15(2)9-12-21)18-7-6-16(3)13-17(18)4/h6-7,13,15,19-20H,5,8-12,14H2,1-4H3. The first-order valence-electron chi connectivity index (χ1n) is 8.63. The molecule has 1 aromatic carbocycles. The van der Waals surface area contributed by atoms with E-state index in [2.05, 4.69) is 56.1 Å². The Kier molecular flexibility index (Phi) is 6.25. The molecule has 0 amide bonds. The van der Waals surface area contributed by atoms with Gasteiger partial charge in [-0.05, 0) is 69.8 Å². The van der Waals surface area contributed by atoms with Crippen LogP contribution in [0.25, 0.3) is 0 Å². The van der Waals surface area contributed by atoms with Crippen molar-refractivity contribution in [3.63, 3.8) is 0 Å². The average Bonchev–Trinajstić information content (AvgIpc) is 2.46. The van der Waals surface area contributed by atoms with Crippen molar-refractivity contribution in [2.75, 3.05) is 26.2 Å². The number of nitrogens with zero attached hydrogens (tertiary/aromatic N) is 1. The van der Waals surface area contributed by atoms with Crippen LogP contribution in [0.15, 0.2) is 18.2 Å². The average molecular weight is 288 g/mol. The van der Waals surface area contributed by atoms with Gasteiger partial charge in [0.05, 0.1) is 0 Å². The summed E-state index contributed by atoms with van der Waals surface area (Å²) in [5, 5.41) is 3.76. The van der Waals surface area contributed by atoms with Gasteiger partial charge >= 0.3 is 0 Å². The third kappa shape index (κ3) is 4.82. The lowest BCUT2D eigenvalue weighted by Crippen LogP contribution is -2.40. The van der Waals surface area contributed by atoms with E-state index >= 15 is 0 Å². The van der Waals surface area contributed by atoms with Crippen molar-refractivity contribution in [2.45, 2.75) is 53.0 Å². The zero-order chi connectivity index (χ0) is 15.2. The van der Waals surface area contributed by atoms with Gasteiger partial charge < -0.3 is 10.2 Å². The number of aryl methyl sites for hydroxylation is 2. The van der Waals surface area contributed by atoms with Crippen LogP contribution in [-0.4, -0.2) is 31.1 Å². The Balaban J connectivity index is 2.06. The van der Waals surface area contributed by atoms with Gasteiger partial charge in [0.2, 0.25) is 0 Å². The minimum atomic E-state index is 0.471. The minimum Gasteiger partial charge on any atom is -0.309 e. The largest absolute Gasteiger partial charge is 0.309 e. The molecule has 1 unspecified atom stereocenters. The second-order valence-electron chi connectivity index (χ2n) is 6.85. The summed E-state index contributed by atoms with van der Waals surface area (Å²) in [6.07, 6.45) is 3.90. The normalized spacial score (nSPS) is 18.9. The Bertz CT molecular complexity index is 433. The first-order valence-corrected chi connectivity index (χ1v) is 8.63. The lowest BCUT2D eigenvalue weighted by atomic mass is 9.96. The fourth-order valence-electron chi connectivity index (χ4n) is 3.31. The Labute approximate surface area is 130 Å². The summed E-state index contributed by atoms with van der Waals surface area (Å²) in [5.74, 6) is 0.907. The van der Waals surface area contributed by atoms with Gasteiger partial charge in [0.25, 0.3) is 0 Å². The van der Waals surface area contributed by atoms with Crippen molar-refractivity contribution in [1.29, 1.82) is 0 Å². The Morgan fingerprint density at radius 2 is 1.95 bits per heavy atom.